The first-order valence-corrected chi connectivity index (χ1v) is 7.55. The van der Waals surface area contributed by atoms with Gasteiger partial charge in [-0.15, -0.1) is 0 Å². The van der Waals surface area contributed by atoms with Crippen molar-refractivity contribution in [3.8, 4) is 0 Å². The van der Waals surface area contributed by atoms with E-state index in [1.165, 1.54) is 19.3 Å². The fourth-order valence-corrected chi connectivity index (χ4v) is 3.56. The maximum absolute atomic E-state index is 12.7. The third-order valence-electron chi connectivity index (χ3n) is 5.34. The van der Waals surface area contributed by atoms with Crippen molar-refractivity contribution < 1.29 is 4.79 Å². The van der Waals surface area contributed by atoms with Crippen molar-refractivity contribution in [3.63, 3.8) is 0 Å². The van der Waals surface area contributed by atoms with Crippen molar-refractivity contribution in [1.29, 1.82) is 0 Å². The lowest BCUT2D eigenvalue weighted by molar-refractivity contribution is -0.141. The molecule has 3 heteroatoms. The summed E-state index contributed by atoms with van der Waals surface area (Å²) in [6.07, 6.45) is 5.75. The second-order valence-corrected chi connectivity index (χ2v) is 6.52. The highest BCUT2D eigenvalue weighted by molar-refractivity contribution is 5.83. The molecule has 2 saturated heterocycles. The molecule has 0 bridgehead atoms. The molecule has 0 radical (unpaired) electrons. The number of hydrogen-bond donors (Lipinski definition) is 1. The number of nitrogens with zero attached hydrogens (tertiary/aromatic N) is 1. The molecule has 0 aromatic heterocycles. The summed E-state index contributed by atoms with van der Waals surface area (Å²) in [6.45, 7) is 10.5. The number of likely N-dealkylation sites (tertiary alicyclic amines) is 1. The van der Waals surface area contributed by atoms with Crippen molar-refractivity contribution in [3.05, 3.63) is 0 Å². The fourth-order valence-electron chi connectivity index (χ4n) is 3.56. The van der Waals surface area contributed by atoms with Crippen LogP contribution in [0.15, 0.2) is 0 Å². The van der Waals surface area contributed by atoms with E-state index in [-0.39, 0.29) is 5.41 Å². The molecule has 2 rings (SSSR count). The zero-order valence-corrected chi connectivity index (χ0v) is 12.2. The molecular formula is C15H28N2O. The third kappa shape index (κ3) is 2.42. The molecule has 1 atom stereocenters. The molecule has 3 nitrogen and oxygen atoms in total. The zero-order chi connectivity index (χ0) is 13.2. The molecule has 18 heavy (non-hydrogen) atoms. The Morgan fingerprint density at radius 2 is 2.00 bits per heavy atom. The molecular weight excluding hydrogens is 224 g/mol. The summed E-state index contributed by atoms with van der Waals surface area (Å²) >= 11 is 0. The molecule has 1 N–H and O–H groups in total. The third-order valence-corrected chi connectivity index (χ3v) is 5.34. The maximum atomic E-state index is 12.7. The van der Waals surface area contributed by atoms with E-state index in [0.717, 1.165) is 39.0 Å². The molecule has 1 unspecified atom stereocenters. The average molecular weight is 252 g/mol. The normalized spacial score (nSPS) is 31.6. The van der Waals surface area contributed by atoms with Crippen molar-refractivity contribution in [2.75, 3.05) is 26.2 Å². The van der Waals surface area contributed by atoms with E-state index in [0.29, 0.717) is 11.3 Å². The first-order chi connectivity index (χ1) is 8.55. The van der Waals surface area contributed by atoms with E-state index >= 15 is 0 Å². The number of hydrogen-bond acceptors (Lipinski definition) is 2. The summed E-state index contributed by atoms with van der Waals surface area (Å²) in [4.78, 5) is 14.9. The topological polar surface area (TPSA) is 32.3 Å². The fraction of sp³-hybridized carbons (Fsp3) is 0.933. The van der Waals surface area contributed by atoms with Gasteiger partial charge in [0.05, 0.1) is 5.41 Å². The molecule has 1 amide bonds. The van der Waals surface area contributed by atoms with E-state index in [9.17, 15) is 4.79 Å². The van der Waals surface area contributed by atoms with E-state index in [4.69, 9.17) is 0 Å². The molecule has 2 heterocycles. The number of nitrogens with one attached hydrogen (secondary N) is 1. The summed E-state index contributed by atoms with van der Waals surface area (Å²) in [6, 6.07) is 0. The Morgan fingerprint density at radius 1 is 1.28 bits per heavy atom. The van der Waals surface area contributed by atoms with Crippen molar-refractivity contribution in [2.45, 2.75) is 52.9 Å². The van der Waals surface area contributed by atoms with Gasteiger partial charge in [0.25, 0.3) is 0 Å². The van der Waals surface area contributed by atoms with Crippen LogP contribution in [-0.4, -0.2) is 37.0 Å². The largest absolute Gasteiger partial charge is 0.342 e. The van der Waals surface area contributed by atoms with Gasteiger partial charge in [-0.3, -0.25) is 4.79 Å². The van der Waals surface area contributed by atoms with E-state index < -0.39 is 0 Å². The quantitative estimate of drug-likeness (QED) is 0.836. The monoisotopic (exact) mass is 252 g/mol. The lowest BCUT2D eigenvalue weighted by atomic mass is 9.80. The van der Waals surface area contributed by atoms with Crippen LogP contribution in [0.1, 0.15) is 52.9 Å². The van der Waals surface area contributed by atoms with Gasteiger partial charge in [-0.25, -0.2) is 0 Å². The van der Waals surface area contributed by atoms with Crippen molar-refractivity contribution >= 4 is 5.91 Å². The SMILES string of the molecule is CCC1(CC)CCN(C(=O)C2(C)CCCNC2)C1. The smallest absolute Gasteiger partial charge is 0.229 e. The highest BCUT2D eigenvalue weighted by atomic mass is 16.2. The highest BCUT2D eigenvalue weighted by Crippen LogP contribution is 2.39. The number of carbonyl (C=O) groups excluding carboxylic acids is 1. The van der Waals surface area contributed by atoms with Gasteiger partial charge in [-0.05, 0) is 51.0 Å². The average Bonchev–Trinajstić information content (AvgIpc) is 2.84. The van der Waals surface area contributed by atoms with Crippen LogP contribution >= 0.6 is 0 Å². The van der Waals surface area contributed by atoms with E-state index in [1.807, 2.05) is 0 Å². The summed E-state index contributed by atoms with van der Waals surface area (Å²) in [5, 5.41) is 3.38. The van der Waals surface area contributed by atoms with Gasteiger partial charge in [-0.2, -0.15) is 0 Å². The first kappa shape index (κ1) is 13.9. The second kappa shape index (κ2) is 5.20. The van der Waals surface area contributed by atoms with Crippen LogP contribution in [0.25, 0.3) is 0 Å². The molecule has 2 fully saturated rings. The van der Waals surface area contributed by atoms with E-state index in [1.54, 1.807) is 0 Å². The van der Waals surface area contributed by atoms with Crippen LogP contribution in [0.5, 0.6) is 0 Å². The van der Waals surface area contributed by atoms with Gasteiger partial charge in [-0.1, -0.05) is 13.8 Å². The van der Waals surface area contributed by atoms with Gasteiger partial charge in [0.2, 0.25) is 5.91 Å². The number of amides is 1. The minimum absolute atomic E-state index is 0.157. The molecule has 0 aliphatic carbocycles. The number of carbonyl (C=O) groups is 1. The predicted octanol–water partition coefficient (Wildman–Crippen LogP) is 2.41. The highest BCUT2D eigenvalue weighted by Gasteiger charge is 2.43. The zero-order valence-electron chi connectivity index (χ0n) is 12.2. The minimum Gasteiger partial charge on any atom is -0.342 e. The summed E-state index contributed by atoms with van der Waals surface area (Å²) < 4.78 is 0. The van der Waals surface area contributed by atoms with Gasteiger partial charge in [0, 0.05) is 19.6 Å². The lowest BCUT2D eigenvalue weighted by Crippen LogP contribution is -2.50. The van der Waals surface area contributed by atoms with Crippen molar-refractivity contribution in [1.82, 2.24) is 10.2 Å². The Balaban J connectivity index is 2.02. The second-order valence-electron chi connectivity index (χ2n) is 6.52. The standard InChI is InChI=1S/C15H28N2O/c1-4-15(5-2)8-10-17(12-15)13(18)14(3)7-6-9-16-11-14/h16H,4-12H2,1-3H3. The molecule has 0 aromatic rings. The summed E-state index contributed by atoms with van der Waals surface area (Å²) in [5.74, 6) is 0.387. The molecule has 104 valence electrons. The van der Waals surface area contributed by atoms with Crippen LogP contribution in [0.4, 0.5) is 0 Å². The Bertz CT molecular complexity index is 304. The van der Waals surface area contributed by atoms with E-state index in [2.05, 4.69) is 31.0 Å². The number of rotatable bonds is 3. The molecule has 2 aliphatic rings. The summed E-state index contributed by atoms with van der Waals surface area (Å²) in [7, 11) is 0. The van der Waals surface area contributed by atoms with Crippen LogP contribution in [0.2, 0.25) is 0 Å². The lowest BCUT2D eigenvalue weighted by Gasteiger charge is -2.37. The van der Waals surface area contributed by atoms with Crippen LogP contribution in [-0.2, 0) is 4.79 Å². The van der Waals surface area contributed by atoms with Gasteiger partial charge in [0.1, 0.15) is 0 Å². The Kier molecular flexibility index (Phi) is 4.00. The molecule has 0 spiro atoms. The Hall–Kier alpha value is -0.570. The van der Waals surface area contributed by atoms with Crippen molar-refractivity contribution in [2.24, 2.45) is 10.8 Å². The minimum atomic E-state index is -0.157. The first-order valence-electron chi connectivity index (χ1n) is 7.55. The molecule has 0 saturated carbocycles. The Labute approximate surface area is 111 Å². The van der Waals surface area contributed by atoms with Crippen LogP contribution in [0.3, 0.4) is 0 Å². The predicted molar refractivity (Wildman–Crippen MR) is 74.4 cm³/mol. The molecule has 2 aliphatic heterocycles. The van der Waals surface area contributed by atoms with Gasteiger partial charge < -0.3 is 10.2 Å². The molecule has 0 aromatic carbocycles. The Morgan fingerprint density at radius 3 is 2.50 bits per heavy atom. The van der Waals surface area contributed by atoms with Crippen LogP contribution in [0, 0.1) is 10.8 Å². The van der Waals surface area contributed by atoms with Gasteiger partial charge >= 0.3 is 0 Å². The summed E-state index contributed by atoms with van der Waals surface area (Å²) in [5.41, 5.74) is 0.240. The van der Waals surface area contributed by atoms with Gasteiger partial charge in [0.15, 0.2) is 0 Å². The number of piperidine rings is 1. The maximum Gasteiger partial charge on any atom is 0.229 e. The van der Waals surface area contributed by atoms with Crippen LogP contribution < -0.4 is 5.32 Å².